The number of benzene rings is 2. The number of aromatic nitrogens is 3. The lowest BCUT2D eigenvalue weighted by atomic mass is 9.68. The first-order valence-electron chi connectivity index (χ1n) is 18.8. The smallest absolute Gasteiger partial charge is 0.416 e. The molecule has 2 aliphatic carbocycles. The van der Waals surface area contributed by atoms with Gasteiger partial charge < -0.3 is 14.4 Å². The standard InChI is InChI=1S/C42H45BrF6N4O2/c1-40(2)20-34-37(35(21-40)55-24-25-4-8-31(54-3)9-5-25)36(26-10-14-41(45,46)15-11-26)32(18-28-6-7-29(19-33(28)44)42(47,48)49)38(52-34)27-12-16-53(17-13-27)39-50-22-30(43)23-51-39/h4-9,19,22-23,26-27,35H,10-18,20-21,24H2,1-3H3. The summed E-state index contributed by atoms with van der Waals surface area (Å²) >= 11 is 3.39. The number of pyridine rings is 1. The Balaban J connectivity index is 1.35. The van der Waals surface area contributed by atoms with Crippen LogP contribution in [-0.4, -0.2) is 41.1 Å². The highest BCUT2D eigenvalue weighted by atomic mass is 79.9. The second kappa shape index (κ2) is 15.7. The van der Waals surface area contributed by atoms with Gasteiger partial charge in [-0.15, -0.1) is 0 Å². The summed E-state index contributed by atoms with van der Waals surface area (Å²) < 4.78 is 99.1. The fraction of sp³-hybridized carbons (Fsp3) is 0.500. The normalized spacial score (nSPS) is 20.3. The van der Waals surface area contributed by atoms with Crippen LogP contribution in [0.3, 0.4) is 0 Å². The molecule has 0 bridgehead atoms. The second-order valence-electron chi connectivity index (χ2n) is 16.0. The predicted octanol–water partition coefficient (Wildman–Crippen LogP) is 11.3. The Hall–Kier alpha value is -3.71. The molecule has 1 aliphatic heterocycles. The molecule has 0 spiro atoms. The molecule has 2 fully saturated rings. The lowest BCUT2D eigenvalue weighted by molar-refractivity contribution is -0.137. The van der Waals surface area contributed by atoms with Crippen LogP contribution in [0.2, 0.25) is 0 Å². The van der Waals surface area contributed by atoms with Crippen LogP contribution < -0.4 is 9.64 Å². The SMILES string of the molecule is COc1ccc(COC2CC(C)(C)Cc3nc(C4CCN(c5ncc(Br)cn5)CC4)c(Cc4ccc(C(F)(F)F)cc4F)c(C4CCC(F)(F)CC4)c32)cc1. The summed E-state index contributed by atoms with van der Waals surface area (Å²) in [6.07, 6.45) is 0.742. The van der Waals surface area contributed by atoms with Gasteiger partial charge in [-0.1, -0.05) is 32.0 Å². The highest BCUT2D eigenvalue weighted by Gasteiger charge is 2.43. The molecule has 3 aliphatic rings. The maximum absolute atomic E-state index is 15.8. The van der Waals surface area contributed by atoms with Crippen molar-refractivity contribution in [3.8, 4) is 5.75 Å². The predicted molar refractivity (Wildman–Crippen MR) is 201 cm³/mol. The van der Waals surface area contributed by atoms with Crippen LogP contribution in [0.15, 0.2) is 59.3 Å². The first-order valence-corrected chi connectivity index (χ1v) is 19.6. The number of piperidine rings is 1. The Bertz CT molecular complexity index is 1970. The maximum Gasteiger partial charge on any atom is 0.416 e. The minimum absolute atomic E-state index is 0.0214. The highest BCUT2D eigenvalue weighted by Crippen LogP contribution is 2.52. The van der Waals surface area contributed by atoms with Crippen molar-refractivity contribution in [2.75, 3.05) is 25.1 Å². The van der Waals surface area contributed by atoms with Crippen LogP contribution in [0.25, 0.3) is 0 Å². The van der Waals surface area contributed by atoms with E-state index in [0.717, 1.165) is 49.9 Å². The minimum Gasteiger partial charge on any atom is -0.497 e. The summed E-state index contributed by atoms with van der Waals surface area (Å²) in [5, 5.41) is 0. The molecular formula is C42H45BrF6N4O2. The van der Waals surface area contributed by atoms with E-state index in [4.69, 9.17) is 14.5 Å². The molecule has 0 radical (unpaired) electrons. The number of fused-ring (bicyclic) bond motifs is 1. The summed E-state index contributed by atoms with van der Waals surface area (Å²) in [5.74, 6) is -2.79. The molecule has 1 unspecified atom stereocenters. The average Bonchev–Trinajstić information content (AvgIpc) is 3.14. The first kappa shape index (κ1) is 39.5. The van der Waals surface area contributed by atoms with E-state index in [2.05, 4.69) is 44.6 Å². The van der Waals surface area contributed by atoms with Crippen molar-refractivity contribution >= 4 is 21.9 Å². The largest absolute Gasteiger partial charge is 0.497 e. The molecule has 2 aromatic carbocycles. The topological polar surface area (TPSA) is 60.4 Å². The maximum atomic E-state index is 15.8. The molecule has 3 heterocycles. The van der Waals surface area contributed by atoms with Crippen molar-refractivity contribution in [1.82, 2.24) is 15.0 Å². The molecule has 0 N–H and O–H groups in total. The zero-order valence-corrected chi connectivity index (χ0v) is 32.8. The van der Waals surface area contributed by atoms with Gasteiger partial charge in [-0.2, -0.15) is 13.2 Å². The van der Waals surface area contributed by atoms with Gasteiger partial charge in [0.25, 0.3) is 0 Å². The Morgan fingerprint density at radius 1 is 0.909 bits per heavy atom. The van der Waals surface area contributed by atoms with Crippen LogP contribution in [0, 0.1) is 11.2 Å². The number of nitrogens with zero attached hydrogens (tertiary/aromatic N) is 4. The number of hydrogen-bond donors (Lipinski definition) is 0. The van der Waals surface area contributed by atoms with Crippen LogP contribution in [0.5, 0.6) is 5.75 Å². The van der Waals surface area contributed by atoms with Crippen LogP contribution >= 0.6 is 15.9 Å². The molecular weight excluding hydrogens is 786 g/mol. The molecule has 1 atom stereocenters. The number of alkyl halides is 5. The first-order chi connectivity index (χ1) is 26.1. The number of halogens is 7. The van der Waals surface area contributed by atoms with Gasteiger partial charge >= 0.3 is 6.18 Å². The van der Waals surface area contributed by atoms with E-state index in [-0.39, 0.29) is 61.5 Å². The van der Waals surface area contributed by atoms with Gasteiger partial charge in [0.15, 0.2) is 0 Å². The van der Waals surface area contributed by atoms with Crippen LogP contribution in [-0.2, 0) is 30.4 Å². The van der Waals surface area contributed by atoms with Crippen molar-refractivity contribution in [3.63, 3.8) is 0 Å². The van der Waals surface area contributed by atoms with Crippen molar-refractivity contribution in [2.45, 2.75) is 108 Å². The Labute approximate surface area is 326 Å². The summed E-state index contributed by atoms with van der Waals surface area (Å²) in [5.41, 5.74) is 3.85. The van der Waals surface area contributed by atoms with Gasteiger partial charge in [0, 0.05) is 67.6 Å². The third-order valence-corrected chi connectivity index (χ3v) is 11.9. The number of methoxy groups -OCH3 is 1. The third kappa shape index (κ3) is 8.98. The van der Waals surface area contributed by atoms with E-state index in [1.165, 1.54) is 6.07 Å². The number of ether oxygens (including phenoxy) is 2. The summed E-state index contributed by atoms with van der Waals surface area (Å²) in [6, 6.07) is 10.3. The Morgan fingerprint density at radius 2 is 1.58 bits per heavy atom. The molecule has 1 saturated carbocycles. The van der Waals surface area contributed by atoms with E-state index in [1.54, 1.807) is 19.5 Å². The lowest BCUT2D eigenvalue weighted by Gasteiger charge is -2.42. The van der Waals surface area contributed by atoms with Crippen molar-refractivity contribution in [1.29, 1.82) is 0 Å². The van der Waals surface area contributed by atoms with E-state index < -0.39 is 29.6 Å². The molecule has 7 rings (SSSR count). The van der Waals surface area contributed by atoms with E-state index in [1.807, 2.05) is 24.3 Å². The number of hydrogen-bond acceptors (Lipinski definition) is 6. The van der Waals surface area contributed by atoms with Gasteiger partial charge in [0.2, 0.25) is 11.9 Å². The molecule has 13 heteroatoms. The quantitative estimate of drug-likeness (QED) is 0.157. The van der Waals surface area contributed by atoms with Gasteiger partial charge in [0.1, 0.15) is 11.6 Å². The lowest BCUT2D eigenvalue weighted by Crippen LogP contribution is -2.36. The van der Waals surface area contributed by atoms with Gasteiger partial charge in [-0.05, 0) is 112 Å². The van der Waals surface area contributed by atoms with Crippen molar-refractivity contribution in [3.05, 3.63) is 110 Å². The zero-order chi connectivity index (χ0) is 39.1. The summed E-state index contributed by atoms with van der Waals surface area (Å²) in [7, 11) is 1.60. The molecule has 2 aromatic heterocycles. The fourth-order valence-electron chi connectivity index (χ4n) is 8.61. The zero-order valence-electron chi connectivity index (χ0n) is 31.2. The Morgan fingerprint density at radius 3 is 2.20 bits per heavy atom. The fourth-order valence-corrected chi connectivity index (χ4v) is 8.82. The highest BCUT2D eigenvalue weighted by molar-refractivity contribution is 9.10. The van der Waals surface area contributed by atoms with E-state index in [0.29, 0.717) is 50.8 Å². The number of anilines is 1. The van der Waals surface area contributed by atoms with Crippen LogP contribution in [0.4, 0.5) is 32.3 Å². The average molecular weight is 832 g/mol. The van der Waals surface area contributed by atoms with Gasteiger partial charge in [-0.3, -0.25) is 4.98 Å². The van der Waals surface area contributed by atoms with Crippen molar-refractivity contribution in [2.24, 2.45) is 5.41 Å². The molecule has 1 saturated heterocycles. The summed E-state index contributed by atoms with van der Waals surface area (Å²) in [4.78, 5) is 16.5. The molecule has 6 nitrogen and oxygen atoms in total. The summed E-state index contributed by atoms with van der Waals surface area (Å²) in [6.45, 7) is 5.88. The van der Waals surface area contributed by atoms with Crippen molar-refractivity contribution < 1.29 is 35.8 Å². The molecule has 0 amide bonds. The second-order valence-corrected chi connectivity index (χ2v) is 16.9. The monoisotopic (exact) mass is 830 g/mol. The minimum atomic E-state index is -4.70. The van der Waals surface area contributed by atoms with Crippen LogP contribution in [0.1, 0.15) is 122 Å². The Kier molecular flexibility index (Phi) is 11.3. The third-order valence-electron chi connectivity index (χ3n) is 11.5. The van der Waals surface area contributed by atoms with E-state index >= 15 is 4.39 Å². The van der Waals surface area contributed by atoms with E-state index in [9.17, 15) is 22.0 Å². The number of rotatable bonds is 9. The molecule has 294 valence electrons. The van der Waals surface area contributed by atoms with Gasteiger partial charge in [-0.25, -0.2) is 23.1 Å². The van der Waals surface area contributed by atoms with Gasteiger partial charge in [0.05, 0.1) is 29.9 Å². The molecule has 4 aromatic rings. The molecule has 55 heavy (non-hydrogen) atoms.